The molecule has 0 saturated heterocycles. The van der Waals surface area contributed by atoms with Gasteiger partial charge in [-0.25, -0.2) is 0 Å². The van der Waals surface area contributed by atoms with Crippen LogP contribution < -0.4 is 15.5 Å². The zero-order valence-electron chi connectivity index (χ0n) is 17.8. The smallest absolute Gasteiger partial charge is 0.254 e. The average molecular weight is 491 g/mol. The van der Waals surface area contributed by atoms with Gasteiger partial charge >= 0.3 is 0 Å². The number of amides is 1. The summed E-state index contributed by atoms with van der Waals surface area (Å²) >= 11 is 4.65. The number of hydrogen-bond acceptors (Lipinski definition) is 6. The highest BCUT2D eigenvalue weighted by Crippen LogP contribution is 2.31. The van der Waals surface area contributed by atoms with Crippen LogP contribution in [0.3, 0.4) is 0 Å². The predicted molar refractivity (Wildman–Crippen MR) is 129 cm³/mol. The molecule has 1 aromatic carbocycles. The van der Waals surface area contributed by atoms with E-state index in [9.17, 15) is 10.1 Å². The lowest BCUT2D eigenvalue weighted by molar-refractivity contribution is -0.117. The number of allylic oxidation sites excluding steroid dienone is 4. The van der Waals surface area contributed by atoms with Crippen LogP contribution in [0.2, 0.25) is 0 Å². The number of halogens is 1. The Balaban J connectivity index is 0.00000218. The van der Waals surface area contributed by atoms with Crippen molar-refractivity contribution in [3.05, 3.63) is 59.2 Å². The summed E-state index contributed by atoms with van der Waals surface area (Å²) in [6.45, 7) is 7.86. The molecule has 0 bridgehead atoms. The number of nitrogens with one attached hydrogen (secondary N) is 2. The van der Waals surface area contributed by atoms with Crippen molar-refractivity contribution >= 4 is 43.1 Å². The van der Waals surface area contributed by atoms with E-state index in [1.165, 1.54) is 11.8 Å². The topological polar surface area (TPSA) is 86.5 Å². The summed E-state index contributed by atoms with van der Waals surface area (Å²) in [4.78, 5) is 13.0. The summed E-state index contributed by atoms with van der Waals surface area (Å²) in [6.07, 6.45) is 8.20. The van der Waals surface area contributed by atoms with Gasteiger partial charge in [0, 0.05) is 11.1 Å². The minimum absolute atomic E-state index is 0.263. The van der Waals surface area contributed by atoms with E-state index < -0.39 is 0 Å². The molecule has 0 spiro atoms. The first-order valence-corrected chi connectivity index (χ1v) is 11.3. The fourth-order valence-corrected chi connectivity index (χ4v) is 3.76. The third kappa shape index (κ3) is 7.08. The van der Waals surface area contributed by atoms with E-state index in [-0.39, 0.29) is 11.4 Å². The summed E-state index contributed by atoms with van der Waals surface area (Å²) in [5.41, 5.74) is 4.78. The lowest BCUT2D eigenvalue weighted by atomic mass is 9.95. The number of benzene rings is 1. The van der Waals surface area contributed by atoms with E-state index in [2.05, 4.69) is 37.8 Å². The molecule has 8 heteroatoms. The molecule has 1 unspecified atom stereocenters. The summed E-state index contributed by atoms with van der Waals surface area (Å²) in [5.74, 6) is 0.324. The molecule has 1 atom stereocenters. The zero-order valence-corrected chi connectivity index (χ0v) is 20.2. The third-order valence-electron chi connectivity index (χ3n) is 3.75. The SMILES string of the molecule is CC.C\C=C/C(C(=O)NC1NN=C(Br)S1)=C(\C=C\CC)c1cc(C#N)ccc1OC. The fraction of sp³-hybridized carbons (Fsp3) is 0.318. The second kappa shape index (κ2) is 13.7. The van der Waals surface area contributed by atoms with Gasteiger partial charge in [0.2, 0.25) is 0 Å². The average Bonchev–Trinajstić information content (AvgIpc) is 3.18. The first-order chi connectivity index (χ1) is 14.5. The van der Waals surface area contributed by atoms with Crippen molar-refractivity contribution in [1.29, 1.82) is 5.26 Å². The molecule has 30 heavy (non-hydrogen) atoms. The maximum absolute atomic E-state index is 13.0. The van der Waals surface area contributed by atoms with Crippen molar-refractivity contribution in [2.24, 2.45) is 5.10 Å². The Labute approximate surface area is 191 Å². The number of hydrogen-bond donors (Lipinski definition) is 2. The largest absolute Gasteiger partial charge is 0.496 e. The quantitative estimate of drug-likeness (QED) is 0.400. The van der Waals surface area contributed by atoms with Crippen molar-refractivity contribution in [3.8, 4) is 11.8 Å². The molecular weight excluding hydrogens is 464 g/mol. The van der Waals surface area contributed by atoms with Crippen LogP contribution in [0.4, 0.5) is 0 Å². The molecule has 2 N–H and O–H groups in total. The van der Waals surface area contributed by atoms with Gasteiger partial charge in [-0.1, -0.05) is 45.1 Å². The van der Waals surface area contributed by atoms with Crippen LogP contribution in [-0.2, 0) is 4.79 Å². The molecule has 1 aliphatic heterocycles. The number of nitriles is 1. The third-order valence-corrected chi connectivity index (χ3v) is 5.24. The second-order valence-corrected chi connectivity index (χ2v) is 8.00. The van der Waals surface area contributed by atoms with Crippen molar-refractivity contribution in [2.45, 2.75) is 39.6 Å². The van der Waals surface area contributed by atoms with Crippen LogP contribution in [0, 0.1) is 11.3 Å². The Morgan fingerprint density at radius 2 is 2.17 bits per heavy atom. The van der Waals surface area contributed by atoms with E-state index in [0.29, 0.717) is 32.0 Å². The van der Waals surface area contributed by atoms with Gasteiger partial charge in [0.05, 0.1) is 18.7 Å². The lowest BCUT2D eigenvalue weighted by Crippen LogP contribution is -2.39. The molecule has 0 saturated carbocycles. The number of methoxy groups -OCH3 is 1. The maximum Gasteiger partial charge on any atom is 0.254 e. The fourth-order valence-electron chi connectivity index (χ4n) is 2.52. The van der Waals surface area contributed by atoms with Crippen LogP contribution in [0.25, 0.3) is 5.57 Å². The predicted octanol–water partition coefficient (Wildman–Crippen LogP) is 5.29. The van der Waals surface area contributed by atoms with E-state index >= 15 is 0 Å². The molecule has 0 aliphatic carbocycles. The number of nitrogens with zero attached hydrogens (tertiary/aromatic N) is 2. The van der Waals surface area contributed by atoms with E-state index in [0.717, 1.165) is 6.42 Å². The Kier molecular flexibility index (Phi) is 11.6. The van der Waals surface area contributed by atoms with Crippen molar-refractivity contribution in [1.82, 2.24) is 10.7 Å². The van der Waals surface area contributed by atoms with Gasteiger partial charge in [0.15, 0.2) is 9.45 Å². The van der Waals surface area contributed by atoms with Gasteiger partial charge in [-0.3, -0.25) is 10.2 Å². The molecule has 0 aromatic heterocycles. The van der Waals surface area contributed by atoms with E-state index in [1.807, 2.05) is 39.8 Å². The van der Waals surface area contributed by atoms with E-state index in [1.54, 1.807) is 37.5 Å². The normalized spacial score (nSPS) is 16.2. The molecule has 6 nitrogen and oxygen atoms in total. The molecule has 160 valence electrons. The summed E-state index contributed by atoms with van der Waals surface area (Å²) in [5, 5.41) is 16.2. The number of carbonyl (C=O) groups excluding carboxylic acids is 1. The molecular formula is C22H27BrN4O2S. The van der Waals surface area contributed by atoms with Crippen LogP contribution in [0.15, 0.2) is 53.2 Å². The Morgan fingerprint density at radius 3 is 2.70 bits per heavy atom. The highest BCUT2D eigenvalue weighted by molar-refractivity contribution is 9.22. The number of rotatable bonds is 7. The molecule has 1 aliphatic rings. The standard InChI is InChI=1S/C20H21BrN4O2S.C2H6/c1-4-6-8-14(16-11-13(12-22)9-10-17(16)27-3)15(7-5-2)18(26)23-20-25-24-19(21)28-20;1-2/h5-11,20,25H,4H2,1-3H3,(H,23,26);1-2H3/b7-5-,8-6+,15-14-;. The zero-order chi connectivity index (χ0) is 22.5. The second-order valence-electron chi connectivity index (χ2n) is 5.63. The van der Waals surface area contributed by atoms with Gasteiger partial charge in [0.1, 0.15) is 5.75 Å². The van der Waals surface area contributed by atoms with Crippen molar-refractivity contribution in [2.75, 3.05) is 7.11 Å². The first kappa shape index (κ1) is 25.5. The van der Waals surface area contributed by atoms with Gasteiger partial charge in [0.25, 0.3) is 5.91 Å². The van der Waals surface area contributed by atoms with Crippen LogP contribution in [-0.4, -0.2) is 22.5 Å². The molecule has 2 rings (SSSR count). The monoisotopic (exact) mass is 490 g/mol. The van der Waals surface area contributed by atoms with Gasteiger partial charge in [-0.05, 0) is 64.8 Å². The van der Waals surface area contributed by atoms with Gasteiger partial charge < -0.3 is 10.1 Å². The Morgan fingerprint density at radius 1 is 1.43 bits per heavy atom. The molecule has 0 radical (unpaired) electrons. The van der Waals surface area contributed by atoms with Crippen LogP contribution in [0.5, 0.6) is 5.75 Å². The molecule has 1 heterocycles. The van der Waals surface area contributed by atoms with Crippen molar-refractivity contribution in [3.63, 3.8) is 0 Å². The molecule has 0 fully saturated rings. The highest BCUT2D eigenvalue weighted by Gasteiger charge is 2.23. The lowest BCUT2D eigenvalue weighted by Gasteiger charge is -2.16. The minimum atomic E-state index is -0.370. The Bertz CT molecular complexity index is 901. The summed E-state index contributed by atoms with van der Waals surface area (Å²) < 4.78 is 6.16. The first-order valence-electron chi connectivity index (χ1n) is 9.62. The van der Waals surface area contributed by atoms with Crippen molar-refractivity contribution < 1.29 is 9.53 Å². The number of ether oxygens (including phenoxy) is 1. The van der Waals surface area contributed by atoms with Crippen LogP contribution in [0.1, 0.15) is 45.2 Å². The minimum Gasteiger partial charge on any atom is -0.496 e. The Hall–Kier alpha value is -2.50. The summed E-state index contributed by atoms with van der Waals surface area (Å²) in [6, 6.07) is 7.29. The number of hydrazone groups is 1. The van der Waals surface area contributed by atoms with Crippen LogP contribution >= 0.6 is 27.7 Å². The number of carbonyl (C=O) groups is 1. The molecule has 1 aromatic rings. The molecule has 1 amide bonds. The maximum atomic E-state index is 13.0. The highest BCUT2D eigenvalue weighted by atomic mass is 79.9. The van der Waals surface area contributed by atoms with Gasteiger partial charge in [-0.2, -0.15) is 10.4 Å². The number of thioether (sulfide) groups is 1. The van der Waals surface area contributed by atoms with E-state index in [4.69, 9.17) is 4.74 Å². The summed E-state index contributed by atoms with van der Waals surface area (Å²) in [7, 11) is 1.56. The van der Waals surface area contributed by atoms with Gasteiger partial charge in [-0.15, -0.1) is 0 Å².